The van der Waals surface area contributed by atoms with E-state index in [-0.39, 0.29) is 11.7 Å². The number of carbonyl (C=O) groups is 2. The maximum atomic E-state index is 12.3. The van der Waals surface area contributed by atoms with E-state index in [1.165, 1.54) is 41.3 Å². The molecular formula is C15H16N2O2S2. The maximum Gasteiger partial charge on any atom is 0.267 e. The molecule has 1 N–H and O–H groups in total. The zero-order chi connectivity index (χ0) is 15.0. The van der Waals surface area contributed by atoms with Crippen LogP contribution in [-0.2, 0) is 12.8 Å². The minimum Gasteiger partial charge on any atom is -0.297 e. The molecule has 0 saturated heterocycles. The summed E-state index contributed by atoms with van der Waals surface area (Å²) in [7, 11) is 0. The monoisotopic (exact) mass is 320 g/mol. The molecular weight excluding hydrogens is 304 g/mol. The molecule has 0 saturated carbocycles. The van der Waals surface area contributed by atoms with Gasteiger partial charge in [-0.3, -0.25) is 14.9 Å². The molecule has 2 aromatic heterocycles. The van der Waals surface area contributed by atoms with Crippen molar-refractivity contribution in [2.75, 3.05) is 5.32 Å². The molecule has 2 heterocycles. The molecule has 4 nitrogen and oxygen atoms in total. The van der Waals surface area contributed by atoms with Crippen LogP contribution < -0.4 is 5.32 Å². The molecule has 0 aliphatic heterocycles. The standard InChI is InChI=1S/C15H16N2O2S2/c1-8-3-4-11-10(5-8)6-12(20-11)14(19)17-15-16-7-13(21-15)9(2)18/h6-8H,3-5H2,1-2H3,(H,16,17,19). The minimum atomic E-state index is -0.133. The highest BCUT2D eigenvalue weighted by molar-refractivity contribution is 7.18. The van der Waals surface area contributed by atoms with Crippen LogP contribution in [0.15, 0.2) is 12.3 Å². The molecule has 3 rings (SSSR count). The zero-order valence-electron chi connectivity index (χ0n) is 11.9. The number of ketones is 1. The number of carbonyl (C=O) groups excluding carboxylic acids is 2. The number of thiazole rings is 1. The average Bonchev–Trinajstić information content (AvgIpc) is 3.04. The van der Waals surface area contributed by atoms with Gasteiger partial charge in [-0.05, 0) is 36.8 Å². The van der Waals surface area contributed by atoms with Crippen LogP contribution in [0.3, 0.4) is 0 Å². The van der Waals surface area contributed by atoms with Gasteiger partial charge in [0.15, 0.2) is 10.9 Å². The predicted molar refractivity (Wildman–Crippen MR) is 85.6 cm³/mol. The summed E-state index contributed by atoms with van der Waals surface area (Å²) in [5, 5.41) is 3.26. The van der Waals surface area contributed by atoms with Crippen molar-refractivity contribution in [1.29, 1.82) is 0 Å². The molecule has 1 aliphatic rings. The number of aromatic nitrogens is 1. The van der Waals surface area contributed by atoms with Gasteiger partial charge < -0.3 is 0 Å². The van der Waals surface area contributed by atoms with Crippen molar-refractivity contribution in [3.63, 3.8) is 0 Å². The molecule has 0 spiro atoms. The van der Waals surface area contributed by atoms with E-state index in [1.54, 1.807) is 11.3 Å². The number of amides is 1. The van der Waals surface area contributed by atoms with Gasteiger partial charge in [-0.2, -0.15) is 0 Å². The third-order valence-electron chi connectivity index (χ3n) is 3.63. The van der Waals surface area contributed by atoms with Gasteiger partial charge in [0, 0.05) is 11.8 Å². The summed E-state index contributed by atoms with van der Waals surface area (Å²) in [6, 6.07) is 2.00. The molecule has 1 amide bonds. The second-order valence-corrected chi connectivity index (χ2v) is 7.61. The third-order valence-corrected chi connectivity index (χ3v) is 5.88. The Bertz CT molecular complexity index is 702. The summed E-state index contributed by atoms with van der Waals surface area (Å²) in [5.41, 5.74) is 1.31. The van der Waals surface area contributed by atoms with Crippen LogP contribution in [0.2, 0.25) is 0 Å². The summed E-state index contributed by atoms with van der Waals surface area (Å²) >= 11 is 2.79. The van der Waals surface area contributed by atoms with E-state index in [4.69, 9.17) is 0 Å². The molecule has 1 aliphatic carbocycles. The second-order valence-electron chi connectivity index (χ2n) is 5.45. The van der Waals surface area contributed by atoms with E-state index in [1.807, 2.05) is 6.07 Å². The topological polar surface area (TPSA) is 59.1 Å². The number of nitrogens with one attached hydrogen (secondary N) is 1. The van der Waals surface area contributed by atoms with E-state index in [0.29, 0.717) is 15.9 Å². The van der Waals surface area contributed by atoms with Crippen LogP contribution in [0.4, 0.5) is 5.13 Å². The van der Waals surface area contributed by atoms with Gasteiger partial charge in [0.05, 0.1) is 16.0 Å². The SMILES string of the molecule is CC(=O)c1cnc(NC(=O)c2cc3c(s2)CCC(C)C3)s1. The second kappa shape index (κ2) is 5.69. The first-order chi connectivity index (χ1) is 10.0. The Balaban J connectivity index is 1.74. The molecule has 0 bridgehead atoms. The van der Waals surface area contributed by atoms with Crippen LogP contribution in [0, 0.1) is 5.92 Å². The van der Waals surface area contributed by atoms with E-state index >= 15 is 0 Å². The lowest BCUT2D eigenvalue weighted by molar-refractivity contribution is 0.101. The first-order valence-corrected chi connectivity index (χ1v) is 8.56. The van der Waals surface area contributed by atoms with Gasteiger partial charge >= 0.3 is 0 Å². The fourth-order valence-electron chi connectivity index (χ4n) is 2.47. The Morgan fingerprint density at radius 3 is 2.86 bits per heavy atom. The van der Waals surface area contributed by atoms with Gasteiger partial charge in [-0.25, -0.2) is 4.98 Å². The fourth-order valence-corrected chi connectivity index (χ4v) is 4.28. The number of anilines is 1. The summed E-state index contributed by atoms with van der Waals surface area (Å²) in [6.07, 6.45) is 4.83. The quantitative estimate of drug-likeness (QED) is 0.875. The molecule has 21 heavy (non-hydrogen) atoms. The highest BCUT2D eigenvalue weighted by Gasteiger charge is 2.21. The number of thiophene rings is 1. The van der Waals surface area contributed by atoms with Crippen molar-refractivity contribution in [2.24, 2.45) is 5.92 Å². The van der Waals surface area contributed by atoms with E-state index in [2.05, 4.69) is 17.2 Å². The third kappa shape index (κ3) is 3.06. The Morgan fingerprint density at radius 1 is 1.33 bits per heavy atom. The van der Waals surface area contributed by atoms with Gasteiger partial charge in [0.25, 0.3) is 5.91 Å². The van der Waals surface area contributed by atoms with Crippen molar-refractivity contribution in [2.45, 2.75) is 33.1 Å². The predicted octanol–water partition coefficient (Wildman–Crippen LogP) is 3.78. The molecule has 2 aromatic rings. The van der Waals surface area contributed by atoms with Crippen molar-refractivity contribution in [3.8, 4) is 0 Å². The normalized spacial score (nSPS) is 17.3. The molecule has 1 atom stereocenters. The molecule has 0 radical (unpaired) electrons. The van der Waals surface area contributed by atoms with Crippen LogP contribution in [0.5, 0.6) is 0 Å². The molecule has 0 aromatic carbocycles. The van der Waals surface area contributed by atoms with E-state index in [0.717, 1.165) is 17.7 Å². The number of aryl methyl sites for hydroxylation is 1. The van der Waals surface area contributed by atoms with Crippen molar-refractivity contribution < 1.29 is 9.59 Å². The Kier molecular flexibility index (Phi) is 3.91. The largest absolute Gasteiger partial charge is 0.297 e. The van der Waals surface area contributed by atoms with Crippen LogP contribution in [-0.4, -0.2) is 16.7 Å². The summed E-state index contributed by atoms with van der Waals surface area (Å²) in [4.78, 5) is 30.2. The lowest BCUT2D eigenvalue weighted by Crippen LogP contribution is -2.10. The van der Waals surface area contributed by atoms with Gasteiger partial charge in [-0.1, -0.05) is 18.3 Å². The first kappa shape index (κ1) is 14.4. The smallest absolute Gasteiger partial charge is 0.267 e. The van der Waals surface area contributed by atoms with Crippen molar-refractivity contribution in [3.05, 3.63) is 32.5 Å². The Morgan fingerprint density at radius 2 is 2.14 bits per heavy atom. The number of rotatable bonds is 3. The molecule has 0 fully saturated rings. The Labute approximate surface area is 131 Å². The highest BCUT2D eigenvalue weighted by atomic mass is 32.1. The molecule has 1 unspecified atom stereocenters. The fraction of sp³-hybridized carbons (Fsp3) is 0.400. The Hall–Kier alpha value is -1.53. The van der Waals surface area contributed by atoms with E-state index in [9.17, 15) is 9.59 Å². The van der Waals surface area contributed by atoms with Crippen molar-refractivity contribution >= 4 is 39.5 Å². The number of hydrogen-bond acceptors (Lipinski definition) is 5. The molecule has 110 valence electrons. The summed E-state index contributed by atoms with van der Waals surface area (Å²) in [5.74, 6) is 0.528. The van der Waals surface area contributed by atoms with Crippen LogP contribution >= 0.6 is 22.7 Å². The number of hydrogen-bond donors (Lipinski definition) is 1. The summed E-state index contributed by atoms with van der Waals surface area (Å²) in [6.45, 7) is 3.74. The first-order valence-electron chi connectivity index (χ1n) is 6.92. The van der Waals surface area contributed by atoms with Crippen LogP contribution in [0.1, 0.15) is 50.1 Å². The van der Waals surface area contributed by atoms with E-state index < -0.39 is 0 Å². The van der Waals surface area contributed by atoms with Gasteiger partial charge in [0.2, 0.25) is 0 Å². The summed E-state index contributed by atoms with van der Waals surface area (Å²) < 4.78 is 0. The van der Waals surface area contributed by atoms with Gasteiger partial charge in [0.1, 0.15) is 0 Å². The lowest BCUT2D eigenvalue weighted by atomic mass is 9.90. The maximum absolute atomic E-state index is 12.3. The number of fused-ring (bicyclic) bond motifs is 1. The van der Waals surface area contributed by atoms with Crippen LogP contribution in [0.25, 0.3) is 0 Å². The number of Topliss-reactive ketones (excluding diaryl/α,β-unsaturated/α-hetero) is 1. The van der Waals surface area contributed by atoms with Crippen molar-refractivity contribution in [1.82, 2.24) is 4.98 Å². The number of nitrogens with zero attached hydrogens (tertiary/aromatic N) is 1. The molecule has 6 heteroatoms. The zero-order valence-corrected chi connectivity index (χ0v) is 13.6. The average molecular weight is 320 g/mol. The van der Waals surface area contributed by atoms with Gasteiger partial charge in [-0.15, -0.1) is 11.3 Å². The lowest BCUT2D eigenvalue weighted by Gasteiger charge is -2.16. The minimum absolute atomic E-state index is 0.0337. The highest BCUT2D eigenvalue weighted by Crippen LogP contribution is 2.32.